The number of benzene rings is 1. The molecule has 0 spiro atoms. The van der Waals surface area contributed by atoms with Crippen LogP contribution in [0.25, 0.3) is 22.3 Å². The number of pyridine rings is 1. The van der Waals surface area contributed by atoms with E-state index < -0.39 is 0 Å². The van der Waals surface area contributed by atoms with Crippen molar-refractivity contribution in [1.29, 1.82) is 0 Å². The van der Waals surface area contributed by atoms with Crippen molar-refractivity contribution >= 4 is 28.4 Å². The summed E-state index contributed by atoms with van der Waals surface area (Å²) in [6.07, 6.45) is 5.27. The lowest BCUT2D eigenvalue weighted by molar-refractivity contribution is 0.0750. The first-order chi connectivity index (χ1) is 16.6. The van der Waals surface area contributed by atoms with Gasteiger partial charge < -0.3 is 19.9 Å². The van der Waals surface area contributed by atoms with E-state index in [0.29, 0.717) is 29.6 Å². The molecular formula is C26H30N6O2. The number of aromatic amines is 1. The Kier molecular flexibility index (Phi) is 7.37. The first kappa shape index (κ1) is 23.2. The third kappa shape index (κ3) is 5.33. The lowest BCUT2D eigenvalue weighted by Gasteiger charge is -2.20. The normalized spacial score (nSPS) is 10.9. The molecule has 4 rings (SSSR count). The van der Waals surface area contributed by atoms with Crippen LogP contribution in [0.2, 0.25) is 0 Å². The molecule has 34 heavy (non-hydrogen) atoms. The average Bonchev–Trinajstić information content (AvgIpc) is 3.27. The molecule has 0 unspecified atom stereocenters. The number of fused-ring (bicyclic) bond motifs is 1. The summed E-state index contributed by atoms with van der Waals surface area (Å²) in [5.74, 6) is 1.25. The van der Waals surface area contributed by atoms with Crippen LogP contribution in [0.3, 0.4) is 0 Å². The molecule has 176 valence electrons. The second kappa shape index (κ2) is 10.8. The zero-order valence-corrected chi connectivity index (χ0v) is 19.8. The van der Waals surface area contributed by atoms with Crippen molar-refractivity contribution in [1.82, 2.24) is 24.8 Å². The van der Waals surface area contributed by atoms with E-state index in [1.807, 2.05) is 54.3 Å². The number of carbonyl (C=O) groups excluding carboxylic acids is 1. The van der Waals surface area contributed by atoms with E-state index in [1.54, 1.807) is 12.4 Å². The molecule has 0 bridgehead atoms. The van der Waals surface area contributed by atoms with E-state index in [1.165, 1.54) is 0 Å². The third-order valence-corrected chi connectivity index (χ3v) is 5.34. The van der Waals surface area contributed by atoms with Gasteiger partial charge in [-0.05, 0) is 56.2 Å². The number of rotatable bonds is 10. The second-order valence-corrected chi connectivity index (χ2v) is 7.98. The Labute approximate surface area is 199 Å². The molecule has 1 amide bonds. The van der Waals surface area contributed by atoms with Gasteiger partial charge in [0.1, 0.15) is 11.4 Å². The van der Waals surface area contributed by atoms with Crippen LogP contribution in [-0.2, 0) is 0 Å². The fourth-order valence-electron chi connectivity index (χ4n) is 3.85. The number of hydrogen-bond acceptors (Lipinski definition) is 6. The van der Waals surface area contributed by atoms with Crippen molar-refractivity contribution in [2.45, 2.75) is 33.6 Å². The molecule has 0 radical (unpaired) electrons. The first-order valence-corrected chi connectivity index (χ1v) is 11.7. The van der Waals surface area contributed by atoms with E-state index in [-0.39, 0.29) is 5.91 Å². The van der Waals surface area contributed by atoms with Gasteiger partial charge in [-0.25, -0.2) is 9.97 Å². The Balaban J connectivity index is 1.54. The monoisotopic (exact) mass is 458 g/mol. The molecule has 3 aromatic heterocycles. The lowest BCUT2D eigenvalue weighted by atomic mass is 10.2. The van der Waals surface area contributed by atoms with Gasteiger partial charge in [-0.3, -0.25) is 9.78 Å². The van der Waals surface area contributed by atoms with E-state index in [9.17, 15) is 4.79 Å². The van der Waals surface area contributed by atoms with E-state index >= 15 is 0 Å². The molecule has 0 aliphatic rings. The standard InChI is InChI=1S/C26H30N6O2/c1-4-13-32(14-5-2)25(33)24-16-18-15-19(7-8-21(18)30-24)29-26-28-12-10-22(31-26)23-17-20(34-6-3)9-11-27-23/h7-12,15-17,30H,4-6,13-14H2,1-3H3,(H,28,29,31). The van der Waals surface area contributed by atoms with Gasteiger partial charge in [0.25, 0.3) is 5.91 Å². The topological polar surface area (TPSA) is 96.0 Å². The molecule has 0 saturated carbocycles. The largest absolute Gasteiger partial charge is 0.494 e. The van der Waals surface area contributed by atoms with Crippen LogP contribution in [0.5, 0.6) is 5.75 Å². The molecule has 0 atom stereocenters. The van der Waals surface area contributed by atoms with Crippen molar-refractivity contribution in [3.8, 4) is 17.1 Å². The first-order valence-electron chi connectivity index (χ1n) is 11.7. The summed E-state index contributed by atoms with van der Waals surface area (Å²) < 4.78 is 5.57. The maximum absolute atomic E-state index is 13.0. The summed E-state index contributed by atoms with van der Waals surface area (Å²) in [6.45, 7) is 8.21. The third-order valence-electron chi connectivity index (χ3n) is 5.34. The number of ether oxygens (including phenoxy) is 1. The Bertz CT molecular complexity index is 1260. The molecule has 3 heterocycles. The van der Waals surface area contributed by atoms with Gasteiger partial charge >= 0.3 is 0 Å². The quantitative estimate of drug-likeness (QED) is 0.329. The van der Waals surface area contributed by atoms with Crippen molar-refractivity contribution in [3.63, 3.8) is 0 Å². The predicted molar refractivity (Wildman–Crippen MR) is 134 cm³/mol. The molecule has 0 saturated heterocycles. The zero-order valence-electron chi connectivity index (χ0n) is 19.8. The van der Waals surface area contributed by atoms with Crippen LogP contribution >= 0.6 is 0 Å². The van der Waals surface area contributed by atoms with Gasteiger partial charge in [0.05, 0.1) is 18.0 Å². The van der Waals surface area contributed by atoms with E-state index in [4.69, 9.17) is 4.74 Å². The number of carbonyl (C=O) groups is 1. The van der Waals surface area contributed by atoms with Gasteiger partial charge in [-0.1, -0.05) is 13.8 Å². The van der Waals surface area contributed by atoms with Crippen molar-refractivity contribution in [2.75, 3.05) is 25.0 Å². The molecular weight excluding hydrogens is 428 g/mol. The van der Waals surface area contributed by atoms with Crippen molar-refractivity contribution in [3.05, 3.63) is 60.6 Å². The Morgan fingerprint density at radius 2 is 1.76 bits per heavy atom. The smallest absolute Gasteiger partial charge is 0.270 e. The maximum atomic E-state index is 13.0. The minimum absolute atomic E-state index is 0.0345. The van der Waals surface area contributed by atoms with Crippen molar-refractivity contribution in [2.24, 2.45) is 0 Å². The summed E-state index contributed by atoms with van der Waals surface area (Å²) in [6, 6.07) is 13.3. The molecule has 0 aliphatic carbocycles. The van der Waals surface area contributed by atoms with Crippen LogP contribution in [0, 0.1) is 0 Å². The average molecular weight is 459 g/mol. The van der Waals surface area contributed by atoms with E-state index in [2.05, 4.69) is 39.1 Å². The highest BCUT2D eigenvalue weighted by Gasteiger charge is 2.17. The summed E-state index contributed by atoms with van der Waals surface area (Å²) >= 11 is 0. The molecule has 8 heteroatoms. The molecule has 2 N–H and O–H groups in total. The van der Waals surface area contributed by atoms with Crippen LogP contribution < -0.4 is 10.1 Å². The van der Waals surface area contributed by atoms with Crippen LogP contribution in [-0.4, -0.2) is 50.4 Å². The minimum atomic E-state index is 0.0345. The minimum Gasteiger partial charge on any atom is -0.494 e. The number of amides is 1. The van der Waals surface area contributed by atoms with E-state index in [0.717, 1.165) is 48.3 Å². The molecule has 0 fully saturated rings. The number of anilines is 2. The van der Waals surface area contributed by atoms with Crippen molar-refractivity contribution < 1.29 is 9.53 Å². The lowest BCUT2D eigenvalue weighted by Crippen LogP contribution is -2.32. The fourth-order valence-corrected chi connectivity index (χ4v) is 3.85. The Hall–Kier alpha value is -3.94. The molecule has 8 nitrogen and oxygen atoms in total. The number of H-pyrrole nitrogens is 1. The number of nitrogens with one attached hydrogen (secondary N) is 2. The highest BCUT2D eigenvalue weighted by molar-refractivity contribution is 5.98. The van der Waals surface area contributed by atoms with Crippen LogP contribution in [0.4, 0.5) is 11.6 Å². The summed E-state index contributed by atoms with van der Waals surface area (Å²) in [7, 11) is 0. The van der Waals surface area contributed by atoms with Crippen LogP contribution in [0.15, 0.2) is 54.9 Å². The number of hydrogen-bond donors (Lipinski definition) is 2. The SMILES string of the molecule is CCCN(CCC)C(=O)c1cc2cc(Nc3nccc(-c4cc(OCC)ccn4)n3)ccc2[nH]1. The second-order valence-electron chi connectivity index (χ2n) is 7.98. The van der Waals surface area contributed by atoms with Gasteiger partial charge in [-0.2, -0.15) is 0 Å². The highest BCUT2D eigenvalue weighted by atomic mass is 16.5. The Morgan fingerprint density at radius 3 is 2.53 bits per heavy atom. The zero-order chi connectivity index (χ0) is 23.9. The van der Waals surface area contributed by atoms with Gasteiger partial charge in [0.2, 0.25) is 5.95 Å². The predicted octanol–water partition coefficient (Wildman–Crippen LogP) is 5.42. The Morgan fingerprint density at radius 1 is 0.971 bits per heavy atom. The summed E-state index contributed by atoms with van der Waals surface area (Å²) in [5, 5.41) is 4.21. The summed E-state index contributed by atoms with van der Waals surface area (Å²) in [5.41, 5.74) is 3.75. The molecule has 0 aliphatic heterocycles. The van der Waals surface area contributed by atoms with Gasteiger partial charge in [-0.15, -0.1) is 0 Å². The fraction of sp³-hybridized carbons (Fsp3) is 0.308. The van der Waals surface area contributed by atoms with Gasteiger partial charge in [0, 0.05) is 48.1 Å². The number of nitrogens with zero attached hydrogens (tertiary/aromatic N) is 4. The highest BCUT2D eigenvalue weighted by Crippen LogP contribution is 2.24. The number of aromatic nitrogens is 4. The maximum Gasteiger partial charge on any atom is 0.270 e. The van der Waals surface area contributed by atoms with Gasteiger partial charge in [0.15, 0.2) is 0 Å². The molecule has 4 aromatic rings. The van der Waals surface area contributed by atoms with Crippen LogP contribution in [0.1, 0.15) is 44.1 Å². The molecule has 1 aromatic carbocycles. The summed E-state index contributed by atoms with van der Waals surface area (Å²) in [4.78, 5) is 31.5.